The fourth-order valence-electron chi connectivity index (χ4n) is 2.21. The maximum absolute atomic E-state index is 11.4. The van der Waals surface area contributed by atoms with Crippen LogP contribution in [0.5, 0.6) is 0 Å². The average Bonchev–Trinajstić information content (AvgIpc) is 2.54. The summed E-state index contributed by atoms with van der Waals surface area (Å²) in [4.78, 5) is 11.4. The minimum Gasteiger partial charge on any atom is -0.353 e. The second-order valence-electron chi connectivity index (χ2n) is 5.39. The summed E-state index contributed by atoms with van der Waals surface area (Å²) in [6, 6.07) is 0.546. The van der Waals surface area contributed by atoms with Crippen LogP contribution in [0.25, 0.3) is 0 Å². The van der Waals surface area contributed by atoms with Gasteiger partial charge in [0, 0.05) is 12.0 Å². The topological polar surface area (TPSA) is 29.1 Å². The van der Waals surface area contributed by atoms with Crippen molar-refractivity contribution in [1.29, 1.82) is 0 Å². The molecule has 1 saturated heterocycles. The van der Waals surface area contributed by atoms with E-state index in [1.807, 2.05) is 0 Å². The van der Waals surface area contributed by atoms with Crippen molar-refractivity contribution in [2.45, 2.75) is 39.7 Å². The normalized spacial score (nSPS) is 39.2. The molecule has 0 aromatic heterocycles. The molecule has 0 spiro atoms. The minimum atomic E-state index is 0.291. The molecule has 1 aliphatic carbocycles. The second-order valence-corrected chi connectivity index (χ2v) is 5.39. The molecule has 1 aliphatic heterocycles. The molecule has 0 radical (unpaired) electrons. The zero-order valence-electron chi connectivity index (χ0n) is 8.05. The summed E-state index contributed by atoms with van der Waals surface area (Å²) in [6.45, 7) is 6.61. The number of carbonyl (C=O) groups is 1. The van der Waals surface area contributed by atoms with E-state index < -0.39 is 0 Å². The standard InChI is InChI=1S/C10H17NO/c1-10(2,3)5-7-6-4-8(6)11-9(7)12/h6-8H,4-5H2,1-3H3,(H,11,12). The van der Waals surface area contributed by atoms with Gasteiger partial charge in [0.25, 0.3) is 0 Å². The number of piperidine rings is 1. The van der Waals surface area contributed by atoms with Gasteiger partial charge < -0.3 is 5.32 Å². The molecule has 1 amide bonds. The van der Waals surface area contributed by atoms with Crippen LogP contribution in [0.4, 0.5) is 0 Å². The van der Waals surface area contributed by atoms with Gasteiger partial charge in [0.1, 0.15) is 0 Å². The van der Waals surface area contributed by atoms with Gasteiger partial charge in [-0.1, -0.05) is 20.8 Å². The lowest BCUT2D eigenvalue weighted by molar-refractivity contribution is -0.124. The van der Waals surface area contributed by atoms with Crippen molar-refractivity contribution in [2.75, 3.05) is 0 Å². The summed E-state index contributed by atoms with van der Waals surface area (Å²) in [5.74, 6) is 1.29. The van der Waals surface area contributed by atoms with E-state index in [0.717, 1.165) is 6.42 Å². The number of hydrogen-bond donors (Lipinski definition) is 1. The smallest absolute Gasteiger partial charge is 0.223 e. The predicted molar refractivity (Wildman–Crippen MR) is 47.6 cm³/mol. The van der Waals surface area contributed by atoms with Crippen molar-refractivity contribution >= 4 is 5.91 Å². The van der Waals surface area contributed by atoms with E-state index in [0.29, 0.717) is 29.2 Å². The van der Waals surface area contributed by atoms with Gasteiger partial charge in [0.15, 0.2) is 0 Å². The number of amides is 1. The largest absolute Gasteiger partial charge is 0.353 e. The summed E-state index contributed by atoms with van der Waals surface area (Å²) >= 11 is 0. The van der Waals surface area contributed by atoms with Crippen LogP contribution < -0.4 is 5.32 Å². The lowest BCUT2D eigenvalue weighted by Crippen LogP contribution is -2.27. The van der Waals surface area contributed by atoms with Crippen molar-refractivity contribution < 1.29 is 4.79 Å². The SMILES string of the molecule is CC(C)(C)CC1C(=O)NC2CC21. The van der Waals surface area contributed by atoms with Crippen molar-refractivity contribution in [3.05, 3.63) is 0 Å². The van der Waals surface area contributed by atoms with E-state index in [1.54, 1.807) is 0 Å². The predicted octanol–water partition coefficient (Wildman–Crippen LogP) is 1.56. The highest BCUT2D eigenvalue weighted by atomic mass is 16.2. The molecule has 3 atom stereocenters. The zero-order chi connectivity index (χ0) is 8.93. The first-order valence-corrected chi connectivity index (χ1v) is 4.78. The van der Waals surface area contributed by atoms with Gasteiger partial charge in [-0.2, -0.15) is 0 Å². The highest BCUT2D eigenvalue weighted by Crippen LogP contribution is 2.47. The quantitative estimate of drug-likeness (QED) is 0.631. The molecular weight excluding hydrogens is 150 g/mol. The van der Waals surface area contributed by atoms with E-state index in [9.17, 15) is 4.79 Å². The fraction of sp³-hybridized carbons (Fsp3) is 0.900. The monoisotopic (exact) mass is 167 g/mol. The Bertz CT molecular complexity index is 216. The summed E-state index contributed by atoms with van der Waals surface area (Å²) in [6.07, 6.45) is 2.27. The first-order valence-electron chi connectivity index (χ1n) is 4.78. The Morgan fingerprint density at radius 1 is 1.50 bits per heavy atom. The van der Waals surface area contributed by atoms with Gasteiger partial charge in [0.2, 0.25) is 5.91 Å². The molecule has 0 aromatic rings. The van der Waals surface area contributed by atoms with Gasteiger partial charge in [-0.25, -0.2) is 0 Å². The summed E-state index contributed by atoms with van der Waals surface area (Å²) < 4.78 is 0. The van der Waals surface area contributed by atoms with Gasteiger partial charge in [0.05, 0.1) is 0 Å². The molecule has 2 nitrogen and oxygen atoms in total. The van der Waals surface area contributed by atoms with E-state index in [2.05, 4.69) is 26.1 Å². The molecule has 68 valence electrons. The molecule has 3 unspecified atom stereocenters. The van der Waals surface area contributed by atoms with Crippen molar-refractivity contribution in [2.24, 2.45) is 17.3 Å². The fourth-order valence-corrected chi connectivity index (χ4v) is 2.21. The lowest BCUT2D eigenvalue weighted by Gasteiger charge is -2.22. The van der Waals surface area contributed by atoms with Gasteiger partial charge in [-0.05, 0) is 24.2 Å². The van der Waals surface area contributed by atoms with E-state index >= 15 is 0 Å². The van der Waals surface area contributed by atoms with Crippen molar-refractivity contribution in [3.63, 3.8) is 0 Å². The maximum Gasteiger partial charge on any atom is 0.223 e. The molecular formula is C10H17NO. The first-order chi connectivity index (χ1) is 5.47. The summed E-state index contributed by atoms with van der Waals surface area (Å²) in [5, 5.41) is 3.02. The molecule has 0 bridgehead atoms. The number of hydrogen-bond acceptors (Lipinski definition) is 1. The maximum atomic E-state index is 11.4. The van der Waals surface area contributed by atoms with E-state index in [1.165, 1.54) is 6.42 Å². The number of fused-ring (bicyclic) bond motifs is 1. The molecule has 2 fully saturated rings. The molecule has 0 aromatic carbocycles. The van der Waals surface area contributed by atoms with Crippen LogP contribution >= 0.6 is 0 Å². The molecule has 12 heavy (non-hydrogen) atoms. The Balaban J connectivity index is 1.99. The minimum absolute atomic E-state index is 0.291. The Labute approximate surface area is 73.7 Å². The molecule has 2 heteroatoms. The van der Waals surface area contributed by atoms with E-state index in [4.69, 9.17) is 0 Å². The average molecular weight is 167 g/mol. The lowest BCUT2D eigenvalue weighted by atomic mass is 9.83. The van der Waals surface area contributed by atoms with Crippen LogP contribution in [0.3, 0.4) is 0 Å². The van der Waals surface area contributed by atoms with Gasteiger partial charge in [-0.15, -0.1) is 0 Å². The third-order valence-corrected chi connectivity index (χ3v) is 2.85. The van der Waals surface area contributed by atoms with Crippen LogP contribution in [-0.4, -0.2) is 11.9 Å². The van der Waals surface area contributed by atoms with Crippen LogP contribution in [0.2, 0.25) is 0 Å². The van der Waals surface area contributed by atoms with Crippen LogP contribution in [0, 0.1) is 17.3 Å². The van der Waals surface area contributed by atoms with Gasteiger partial charge >= 0.3 is 0 Å². The van der Waals surface area contributed by atoms with Crippen LogP contribution in [-0.2, 0) is 4.79 Å². The zero-order valence-corrected chi connectivity index (χ0v) is 8.05. The molecule has 1 N–H and O–H groups in total. The summed E-state index contributed by atoms with van der Waals surface area (Å²) in [5.41, 5.74) is 0.291. The highest BCUT2D eigenvalue weighted by Gasteiger charge is 2.53. The Morgan fingerprint density at radius 3 is 2.58 bits per heavy atom. The Morgan fingerprint density at radius 2 is 2.17 bits per heavy atom. The third kappa shape index (κ3) is 1.35. The molecule has 2 rings (SSSR count). The van der Waals surface area contributed by atoms with Crippen molar-refractivity contribution in [3.8, 4) is 0 Å². The van der Waals surface area contributed by atoms with Crippen LogP contribution in [0.15, 0.2) is 0 Å². The Kier molecular flexibility index (Phi) is 1.51. The van der Waals surface area contributed by atoms with Crippen LogP contribution in [0.1, 0.15) is 33.6 Å². The highest BCUT2D eigenvalue weighted by molar-refractivity contribution is 5.83. The third-order valence-electron chi connectivity index (χ3n) is 2.85. The number of nitrogens with one attached hydrogen (secondary N) is 1. The van der Waals surface area contributed by atoms with Gasteiger partial charge in [-0.3, -0.25) is 4.79 Å². The molecule has 2 aliphatic rings. The first kappa shape index (κ1) is 8.09. The Hall–Kier alpha value is -0.530. The second kappa shape index (κ2) is 2.24. The van der Waals surface area contributed by atoms with Crippen molar-refractivity contribution in [1.82, 2.24) is 5.32 Å². The number of carbonyl (C=O) groups excluding carboxylic acids is 1. The summed E-state index contributed by atoms with van der Waals surface area (Å²) in [7, 11) is 0. The molecule has 1 saturated carbocycles. The molecule has 1 heterocycles. The number of rotatable bonds is 1. The van der Waals surface area contributed by atoms with E-state index in [-0.39, 0.29) is 0 Å².